The monoisotopic (exact) mass is 351 g/mol. The first-order valence-electron chi connectivity index (χ1n) is 8.68. The molecule has 0 spiro atoms. The highest BCUT2D eigenvalue weighted by Crippen LogP contribution is 2.23. The van der Waals surface area contributed by atoms with E-state index in [4.69, 9.17) is 0 Å². The maximum atomic E-state index is 13.2. The minimum atomic E-state index is -0.182. The molecule has 0 fully saturated rings. The Morgan fingerprint density at radius 3 is 2.70 bits per heavy atom. The van der Waals surface area contributed by atoms with E-state index >= 15 is 0 Å². The largest absolute Gasteiger partial charge is 0.349 e. The van der Waals surface area contributed by atoms with E-state index in [0.29, 0.717) is 27.8 Å². The van der Waals surface area contributed by atoms with Crippen molar-refractivity contribution in [2.24, 2.45) is 0 Å². The molecule has 5 nitrogen and oxygen atoms in total. The van der Waals surface area contributed by atoms with Gasteiger partial charge in [0.25, 0.3) is 5.65 Å². The number of fused-ring (bicyclic) bond motifs is 5. The molecule has 2 aromatic carbocycles. The van der Waals surface area contributed by atoms with Crippen molar-refractivity contribution >= 4 is 38.5 Å². The van der Waals surface area contributed by atoms with Crippen LogP contribution in [0.3, 0.4) is 0 Å². The second-order valence-corrected chi connectivity index (χ2v) is 6.88. The molecule has 0 atom stereocenters. The van der Waals surface area contributed by atoms with E-state index in [1.54, 1.807) is 18.2 Å². The average molecular weight is 351 g/mol. The van der Waals surface area contributed by atoms with Crippen molar-refractivity contribution in [1.82, 2.24) is 9.38 Å². The van der Waals surface area contributed by atoms with Crippen LogP contribution in [0.25, 0.3) is 38.5 Å². The van der Waals surface area contributed by atoms with Crippen molar-refractivity contribution in [3.63, 3.8) is 0 Å². The summed E-state index contributed by atoms with van der Waals surface area (Å²) in [6, 6.07) is 17.4. The Morgan fingerprint density at radius 2 is 1.89 bits per heavy atom. The zero-order chi connectivity index (χ0) is 18.7. The summed E-state index contributed by atoms with van der Waals surface area (Å²) in [5.41, 5.74) is 5.04. The first-order chi connectivity index (χ1) is 13.1. The lowest BCUT2D eigenvalue weighted by atomic mass is 10.0. The second kappa shape index (κ2) is 5.36. The predicted octanol–water partition coefficient (Wildman–Crippen LogP) is 3.46. The molecule has 3 heterocycles. The third kappa shape index (κ3) is 2.14. The number of benzene rings is 2. The van der Waals surface area contributed by atoms with Crippen LogP contribution in [0.15, 0.2) is 53.3 Å². The molecule has 128 valence electrons. The van der Waals surface area contributed by atoms with Gasteiger partial charge in [0.2, 0.25) is 5.65 Å². The fourth-order valence-corrected chi connectivity index (χ4v) is 3.83. The number of hydrogen-bond donors (Lipinski definition) is 0. The number of nitrogens with one attached hydrogen (secondary N) is 1. The number of rotatable bonds is 0. The summed E-state index contributed by atoms with van der Waals surface area (Å²) in [7, 11) is 0. The number of nitrogens with zero attached hydrogens (tertiary/aromatic N) is 3. The molecule has 0 aliphatic rings. The van der Waals surface area contributed by atoms with Crippen molar-refractivity contribution in [3.8, 4) is 6.07 Å². The molecule has 27 heavy (non-hydrogen) atoms. The van der Waals surface area contributed by atoms with Gasteiger partial charge in [-0.3, -0.25) is 0 Å². The number of aromatic amines is 1. The Bertz CT molecular complexity index is 1520. The van der Waals surface area contributed by atoms with Gasteiger partial charge in [0.05, 0.1) is 16.3 Å². The van der Waals surface area contributed by atoms with Gasteiger partial charge in [0.1, 0.15) is 17.1 Å². The zero-order valence-electron chi connectivity index (χ0n) is 14.9. The third-order valence-electron chi connectivity index (χ3n) is 5.00. The molecule has 0 saturated carbocycles. The number of pyridine rings is 2. The third-order valence-corrected chi connectivity index (χ3v) is 5.00. The average Bonchev–Trinajstić information content (AvgIpc) is 2.66. The van der Waals surface area contributed by atoms with Gasteiger partial charge in [-0.2, -0.15) is 5.26 Å². The van der Waals surface area contributed by atoms with Gasteiger partial charge in [-0.25, -0.2) is 14.8 Å². The topological polar surface area (TPSA) is 72.3 Å². The van der Waals surface area contributed by atoms with Crippen LogP contribution in [0, 0.1) is 25.2 Å². The van der Waals surface area contributed by atoms with Gasteiger partial charge in [0, 0.05) is 5.39 Å². The van der Waals surface area contributed by atoms with Crippen LogP contribution in [0.4, 0.5) is 0 Å². The van der Waals surface area contributed by atoms with Gasteiger partial charge in [0.15, 0.2) is 0 Å². The lowest BCUT2D eigenvalue weighted by Crippen LogP contribution is -2.22. The summed E-state index contributed by atoms with van der Waals surface area (Å²) in [5.74, 6) is 0. The Hall–Kier alpha value is -3.78. The Morgan fingerprint density at radius 1 is 1.07 bits per heavy atom. The summed E-state index contributed by atoms with van der Waals surface area (Å²) in [6.07, 6.45) is 0. The zero-order valence-corrected chi connectivity index (χ0v) is 14.9. The molecule has 0 saturated heterocycles. The van der Waals surface area contributed by atoms with E-state index in [2.05, 4.69) is 35.1 Å². The van der Waals surface area contributed by atoms with Crippen LogP contribution in [-0.2, 0) is 0 Å². The molecule has 5 aromatic rings. The van der Waals surface area contributed by atoms with Crippen LogP contribution in [0.5, 0.6) is 0 Å². The lowest BCUT2D eigenvalue weighted by molar-refractivity contribution is -0.314. The molecule has 1 N–H and O–H groups in total. The molecule has 0 unspecified atom stereocenters. The first-order valence-corrected chi connectivity index (χ1v) is 8.68. The predicted molar refractivity (Wildman–Crippen MR) is 105 cm³/mol. The number of hydrogen-bond acceptors (Lipinski definition) is 3. The summed E-state index contributed by atoms with van der Waals surface area (Å²) in [4.78, 5) is 21.3. The van der Waals surface area contributed by atoms with E-state index in [9.17, 15) is 10.1 Å². The summed E-state index contributed by atoms with van der Waals surface area (Å²) >= 11 is 0. The number of para-hydroxylation sites is 1. The van der Waals surface area contributed by atoms with Crippen molar-refractivity contribution in [1.29, 1.82) is 5.26 Å². The van der Waals surface area contributed by atoms with E-state index in [0.717, 1.165) is 21.9 Å². The molecular weight excluding hydrogens is 336 g/mol. The van der Waals surface area contributed by atoms with Gasteiger partial charge >= 0.3 is 5.56 Å². The van der Waals surface area contributed by atoms with Crippen LogP contribution >= 0.6 is 0 Å². The van der Waals surface area contributed by atoms with Crippen molar-refractivity contribution in [2.45, 2.75) is 13.8 Å². The summed E-state index contributed by atoms with van der Waals surface area (Å²) in [5, 5.41) is 12.0. The van der Waals surface area contributed by atoms with Crippen LogP contribution in [-0.4, -0.2) is 9.38 Å². The minimum Gasteiger partial charge on any atom is -0.240 e. The number of H-pyrrole nitrogens is 1. The van der Waals surface area contributed by atoms with E-state index < -0.39 is 0 Å². The highest BCUT2D eigenvalue weighted by molar-refractivity contribution is 5.92. The Kier molecular flexibility index (Phi) is 3.07. The quantitative estimate of drug-likeness (QED) is 0.317. The van der Waals surface area contributed by atoms with Crippen LogP contribution < -0.4 is 10.5 Å². The molecule has 0 amide bonds. The van der Waals surface area contributed by atoms with Crippen LogP contribution in [0.2, 0.25) is 0 Å². The fraction of sp³-hybridized carbons (Fsp3) is 0.0909. The van der Waals surface area contributed by atoms with Crippen LogP contribution in [0.1, 0.15) is 16.7 Å². The summed E-state index contributed by atoms with van der Waals surface area (Å²) < 4.78 is 1.52. The van der Waals surface area contributed by atoms with E-state index in [1.807, 2.05) is 25.1 Å². The molecule has 0 radical (unpaired) electrons. The van der Waals surface area contributed by atoms with Crippen molar-refractivity contribution < 1.29 is 4.98 Å². The number of aryl methyl sites for hydroxylation is 2. The van der Waals surface area contributed by atoms with E-state index in [1.165, 1.54) is 9.96 Å². The maximum absolute atomic E-state index is 13.2. The SMILES string of the molecule is Cc1cc(C)c2[nH+]c3c(cc(C#N)c4nc5ccccc5c(=O)n43)cc2c1. The maximum Gasteiger partial charge on any atom is 0.349 e. The molecule has 0 bridgehead atoms. The molecule has 0 aliphatic carbocycles. The molecule has 5 heteroatoms. The smallest absolute Gasteiger partial charge is 0.240 e. The number of aromatic nitrogens is 3. The highest BCUT2D eigenvalue weighted by Gasteiger charge is 2.20. The lowest BCUT2D eigenvalue weighted by Gasteiger charge is -2.06. The molecule has 0 aliphatic heterocycles. The Balaban J connectivity index is 2.10. The van der Waals surface area contributed by atoms with Gasteiger partial charge in [-0.05, 0) is 55.3 Å². The summed E-state index contributed by atoms with van der Waals surface area (Å²) in [6.45, 7) is 4.10. The van der Waals surface area contributed by atoms with Crippen molar-refractivity contribution in [2.75, 3.05) is 0 Å². The normalized spacial score (nSPS) is 11.4. The molecule has 5 rings (SSSR count). The molecule has 3 aromatic heterocycles. The van der Waals surface area contributed by atoms with Gasteiger partial charge < -0.3 is 0 Å². The standard InChI is InChI=1S/C22H14N4O/c1-12-7-13(2)19-14(8-12)9-15-10-16(11-23)21-24-18-6-4-3-5-17(18)22(27)26(21)20(15)25-19/h3-10H,1-2H3/p+1. The fourth-order valence-electron chi connectivity index (χ4n) is 3.83. The Labute approximate surface area is 154 Å². The van der Waals surface area contributed by atoms with Gasteiger partial charge in [-0.15, -0.1) is 4.40 Å². The second-order valence-electron chi connectivity index (χ2n) is 6.88. The van der Waals surface area contributed by atoms with Crippen molar-refractivity contribution in [3.05, 3.63) is 75.6 Å². The molecular formula is C22H15N4O+. The first kappa shape index (κ1) is 15.5. The minimum absolute atomic E-state index is 0.182. The van der Waals surface area contributed by atoms with E-state index in [-0.39, 0.29) is 5.56 Å². The van der Waals surface area contributed by atoms with Gasteiger partial charge in [-0.1, -0.05) is 18.2 Å². The highest BCUT2D eigenvalue weighted by atomic mass is 16.1. The number of nitriles is 1.